The fourth-order valence-electron chi connectivity index (χ4n) is 2.11. The number of rotatable bonds is 2. The van der Waals surface area contributed by atoms with Gasteiger partial charge in [0.1, 0.15) is 6.04 Å². The summed E-state index contributed by atoms with van der Waals surface area (Å²) in [6, 6.07) is 4.14. The molecule has 18 heavy (non-hydrogen) atoms. The van der Waals surface area contributed by atoms with E-state index in [9.17, 15) is 9.59 Å². The van der Waals surface area contributed by atoms with Gasteiger partial charge < -0.3 is 10.0 Å². The fourth-order valence-corrected chi connectivity index (χ4v) is 2.97. The zero-order chi connectivity index (χ0) is 13.3. The van der Waals surface area contributed by atoms with Gasteiger partial charge in [-0.25, -0.2) is 4.79 Å². The van der Waals surface area contributed by atoms with Crippen LogP contribution in [0, 0.1) is 0 Å². The number of amides is 1. The predicted molar refractivity (Wildman–Crippen MR) is 70.8 cm³/mol. The molecule has 6 heteroatoms. The molecule has 1 aliphatic rings. The van der Waals surface area contributed by atoms with Crippen molar-refractivity contribution in [1.29, 1.82) is 0 Å². The number of carboxylic acids is 1. The molecular formula is C12H11BrClNO3. The van der Waals surface area contributed by atoms with Crippen molar-refractivity contribution >= 4 is 39.4 Å². The summed E-state index contributed by atoms with van der Waals surface area (Å²) in [5.41, 5.74) is 0.405. The van der Waals surface area contributed by atoms with Gasteiger partial charge in [0.05, 0.1) is 0 Å². The summed E-state index contributed by atoms with van der Waals surface area (Å²) in [4.78, 5) is 24.7. The first-order valence-electron chi connectivity index (χ1n) is 5.49. The van der Waals surface area contributed by atoms with E-state index in [1.807, 2.05) is 0 Å². The lowest BCUT2D eigenvalue weighted by atomic mass is 10.1. The Labute approximate surface area is 118 Å². The van der Waals surface area contributed by atoms with Gasteiger partial charge in [0, 0.05) is 21.6 Å². The number of carboxylic acid groups (broad SMARTS) is 1. The van der Waals surface area contributed by atoms with Crippen LogP contribution >= 0.6 is 27.5 Å². The molecule has 0 spiro atoms. The Morgan fingerprint density at radius 3 is 2.72 bits per heavy atom. The van der Waals surface area contributed by atoms with Crippen molar-refractivity contribution in [2.24, 2.45) is 0 Å². The van der Waals surface area contributed by atoms with Crippen LogP contribution in [0.3, 0.4) is 0 Å². The second kappa shape index (κ2) is 5.28. The molecule has 1 heterocycles. The molecule has 4 nitrogen and oxygen atoms in total. The number of likely N-dealkylation sites (tertiary alicyclic amines) is 1. The van der Waals surface area contributed by atoms with Crippen molar-refractivity contribution in [2.45, 2.75) is 18.9 Å². The molecular weight excluding hydrogens is 321 g/mol. The molecule has 0 aliphatic carbocycles. The first kappa shape index (κ1) is 13.4. The highest BCUT2D eigenvalue weighted by molar-refractivity contribution is 9.10. The summed E-state index contributed by atoms with van der Waals surface area (Å²) in [7, 11) is 0. The SMILES string of the molecule is O=C(O)[C@H]1CCCN1C(=O)c1cc(Cl)cc(Br)c1. The molecule has 1 aromatic carbocycles. The Kier molecular flexibility index (Phi) is 3.92. The molecule has 0 saturated carbocycles. The van der Waals surface area contributed by atoms with Crippen molar-refractivity contribution in [2.75, 3.05) is 6.54 Å². The highest BCUT2D eigenvalue weighted by atomic mass is 79.9. The average Bonchev–Trinajstić information content (AvgIpc) is 2.75. The molecule has 1 saturated heterocycles. The molecule has 96 valence electrons. The Hall–Kier alpha value is -1.07. The van der Waals surface area contributed by atoms with Crippen LogP contribution in [0.4, 0.5) is 0 Å². The normalized spacial score (nSPS) is 19.0. The van der Waals surface area contributed by atoms with Crippen LogP contribution in [0.1, 0.15) is 23.2 Å². The molecule has 0 bridgehead atoms. The lowest BCUT2D eigenvalue weighted by molar-refractivity contribution is -0.141. The number of hydrogen-bond acceptors (Lipinski definition) is 2. The van der Waals surface area contributed by atoms with Crippen LogP contribution in [-0.2, 0) is 4.79 Å². The first-order valence-corrected chi connectivity index (χ1v) is 6.66. The van der Waals surface area contributed by atoms with E-state index in [4.69, 9.17) is 16.7 Å². The van der Waals surface area contributed by atoms with Gasteiger partial charge >= 0.3 is 5.97 Å². The van der Waals surface area contributed by atoms with Crippen LogP contribution in [0.5, 0.6) is 0 Å². The van der Waals surface area contributed by atoms with Gasteiger partial charge in [-0.1, -0.05) is 27.5 Å². The minimum atomic E-state index is -0.957. The largest absolute Gasteiger partial charge is 0.480 e. The lowest BCUT2D eigenvalue weighted by Crippen LogP contribution is -2.40. The van der Waals surface area contributed by atoms with Crippen molar-refractivity contribution in [3.05, 3.63) is 33.3 Å². The molecule has 1 aliphatic heterocycles. The molecule has 1 atom stereocenters. The second-order valence-corrected chi connectivity index (χ2v) is 5.51. The third-order valence-corrected chi connectivity index (χ3v) is 3.58. The number of hydrogen-bond donors (Lipinski definition) is 1. The van der Waals surface area contributed by atoms with E-state index >= 15 is 0 Å². The van der Waals surface area contributed by atoms with Crippen LogP contribution in [0.15, 0.2) is 22.7 Å². The maximum Gasteiger partial charge on any atom is 0.326 e. The average molecular weight is 333 g/mol. The Balaban J connectivity index is 2.28. The van der Waals surface area contributed by atoms with Crippen LogP contribution in [0.2, 0.25) is 5.02 Å². The second-order valence-electron chi connectivity index (χ2n) is 4.15. The van der Waals surface area contributed by atoms with Crippen molar-refractivity contribution in [3.63, 3.8) is 0 Å². The molecule has 1 amide bonds. The van der Waals surface area contributed by atoms with Crippen molar-refractivity contribution in [3.8, 4) is 0 Å². The van der Waals surface area contributed by atoms with Gasteiger partial charge in [0.15, 0.2) is 0 Å². The summed E-state index contributed by atoms with van der Waals surface area (Å²) in [6.45, 7) is 0.472. The van der Waals surface area contributed by atoms with E-state index in [0.717, 1.165) is 0 Å². The molecule has 0 unspecified atom stereocenters. The number of nitrogens with zero attached hydrogens (tertiary/aromatic N) is 1. The maximum atomic E-state index is 12.2. The van der Waals surface area contributed by atoms with Gasteiger partial charge in [-0.15, -0.1) is 0 Å². The molecule has 0 radical (unpaired) electrons. The third kappa shape index (κ3) is 2.67. The van der Waals surface area contributed by atoms with Gasteiger partial charge in [0.25, 0.3) is 5.91 Å². The smallest absolute Gasteiger partial charge is 0.326 e. The zero-order valence-corrected chi connectivity index (χ0v) is 11.7. The third-order valence-electron chi connectivity index (χ3n) is 2.91. The summed E-state index contributed by atoms with van der Waals surface area (Å²) in [6.07, 6.45) is 1.22. The van der Waals surface area contributed by atoms with Gasteiger partial charge in [-0.3, -0.25) is 4.79 Å². The Morgan fingerprint density at radius 2 is 2.11 bits per heavy atom. The number of carbonyl (C=O) groups excluding carboxylic acids is 1. The van der Waals surface area contributed by atoms with Gasteiger partial charge in [-0.2, -0.15) is 0 Å². The Bertz CT molecular complexity index is 486. The first-order chi connectivity index (χ1) is 8.49. The summed E-state index contributed by atoms with van der Waals surface area (Å²) >= 11 is 9.15. The van der Waals surface area contributed by atoms with E-state index in [1.165, 1.54) is 4.90 Å². The number of benzene rings is 1. The molecule has 1 N–H and O–H groups in total. The predicted octanol–water partition coefficient (Wildman–Crippen LogP) is 2.79. The van der Waals surface area contributed by atoms with Crippen LogP contribution in [-0.4, -0.2) is 34.5 Å². The van der Waals surface area contributed by atoms with Crippen LogP contribution < -0.4 is 0 Å². The lowest BCUT2D eigenvalue weighted by Gasteiger charge is -2.21. The standard InChI is InChI=1S/C12H11BrClNO3/c13-8-4-7(5-9(14)6-8)11(16)15-3-1-2-10(15)12(17)18/h4-6,10H,1-3H2,(H,17,18)/t10-/m1/s1. The maximum absolute atomic E-state index is 12.2. The summed E-state index contributed by atoms with van der Waals surface area (Å²) < 4.78 is 0.699. The number of halogens is 2. The summed E-state index contributed by atoms with van der Waals surface area (Å²) in [5, 5.41) is 9.50. The quantitative estimate of drug-likeness (QED) is 0.906. The van der Waals surface area contributed by atoms with E-state index in [-0.39, 0.29) is 5.91 Å². The van der Waals surface area contributed by atoms with E-state index in [2.05, 4.69) is 15.9 Å². The van der Waals surface area contributed by atoms with Crippen LogP contribution in [0.25, 0.3) is 0 Å². The fraction of sp³-hybridized carbons (Fsp3) is 0.333. The minimum absolute atomic E-state index is 0.289. The Morgan fingerprint density at radius 1 is 1.39 bits per heavy atom. The van der Waals surface area contributed by atoms with Crippen molar-refractivity contribution < 1.29 is 14.7 Å². The minimum Gasteiger partial charge on any atom is -0.480 e. The van der Waals surface area contributed by atoms with Gasteiger partial charge in [0.2, 0.25) is 0 Å². The zero-order valence-electron chi connectivity index (χ0n) is 9.40. The molecule has 1 aromatic rings. The topological polar surface area (TPSA) is 57.6 Å². The summed E-state index contributed by atoms with van der Waals surface area (Å²) in [5.74, 6) is -1.25. The van der Waals surface area contributed by atoms with E-state index < -0.39 is 12.0 Å². The molecule has 2 rings (SSSR count). The molecule has 0 aromatic heterocycles. The highest BCUT2D eigenvalue weighted by Gasteiger charge is 2.34. The van der Waals surface area contributed by atoms with E-state index in [1.54, 1.807) is 18.2 Å². The van der Waals surface area contributed by atoms with Gasteiger partial charge in [-0.05, 0) is 31.0 Å². The number of aliphatic carboxylic acids is 1. The number of carbonyl (C=O) groups is 2. The monoisotopic (exact) mass is 331 g/mol. The van der Waals surface area contributed by atoms with E-state index in [0.29, 0.717) is 34.4 Å². The highest BCUT2D eigenvalue weighted by Crippen LogP contribution is 2.24. The van der Waals surface area contributed by atoms with Crippen molar-refractivity contribution in [1.82, 2.24) is 4.90 Å². The molecule has 1 fully saturated rings.